The van der Waals surface area contributed by atoms with Crippen LogP contribution in [0.5, 0.6) is 5.88 Å². The molecule has 2 aliphatic heterocycles. The first-order valence-corrected chi connectivity index (χ1v) is 9.66. The molecule has 3 aliphatic rings. The van der Waals surface area contributed by atoms with E-state index in [1.165, 1.54) is 12.8 Å². The molecular formula is C19H27N3O3. The van der Waals surface area contributed by atoms with Crippen LogP contribution in [0.1, 0.15) is 62.0 Å². The van der Waals surface area contributed by atoms with Crippen molar-refractivity contribution in [1.29, 1.82) is 0 Å². The molecule has 2 fully saturated rings. The number of aromatic nitrogens is 2. The van der Waals surface area contributed by atoms with E-state index in [4.69, 9.17) is 19.4 Å². The number of carbonyl (C=O) groups excluding carboxylic acids is 1. The van der Waals surface area contributed by atoms with Gasteiger partial charge in [0.2, 0.25) is 11.8 Å². The first kappa shape index (κ1) is 16.8. The summed E-state index contributed by atoms with van der Waals surface area (Å²) in [5.74, 6) is 2.39. The Labute approximate surface area is 148 Å². The van der Waals surface area contributed by atoms with Gasteiger partial charge in [-0.2, -0.15) is 4.98 Å². The van der Waals surface area contributed by atoms with Crippen molar-refractivity contribution in [2.75, 3.05) is 26.3 Å². The molecule has 6 heteroatoms. The van der Waals surface area contributed by atoms with E-state index in [1.54, 1.807) is 0 Å². The summed E-state index contributed by atoms with van der Waals surface area (Å²) >= 11 is 0. The van der Waals surface area contributed by atoms with Crippen molar-refractivity contribution in [2.24, 2.45) is 0 Å². The van der Waals surface area contributed by atoms with Crippen molar-refractivity contribution in [3.63, 3.8) is 0 Å². The number of likely N-dealkylation sites (tertiary alicyclic amines) is 1. The van der Waals surface area contributed by atoms with Gasteiger partial charge in [-0.3, -0.25) is 4.79 Å². The summed E-state index contributed by atoms with van der Waals surface area (Å²) in [5.41, 5.74) is 2.21. The van der Waals surface area contributed by atoms with Crippen LogP contribution in [0.15, 0.2) is 0 Å². The van der Waals surface area contributed by atoms with Gasteiger partial charge >= 0.3 is 0 Å². The van der Waals surface area contributed by atoms with E-state index in [-0.39, 0.29) is 12.0 Å². The summed E-state index contributed by atoms with van der Waals surface area (Å²) in [6.07, 6.45) is 6.54. The largest absolute Gasteiger partial charge is 0.472 e. The van der Waals surface area contributed by atoms with E-state index in [2.05, 4.69) is 0 Å². The molecule has 1 aromatic heterocycles. The Morgan fingerprint density at radius 3 is 2.88 bits per heavy atom. The van der Waals surface area contributed by atoms with Crippen molar-refractivity contribution >= 4 is 5.91 Å². The summed E-state index contributed by atoms with van der Waals surface area (Å²) in [6.45, 7) is 4.84. The molecule has 6 nitrogen and oxygen atoms in total. The Bertz CT molecular complexity index is 645. The van der Waals surface area contributed by atoms with Gasteiger partial charge < -0.3 is 14.4 Å². The van der Waals surface area contributed by atoms with Crippen LogP contribution in [-0.4, -0.2) is 53.2 Å². The number of hydrogen-bond acceptors (Lipinski definition) is 5. The van der Waals surface area contributed by atoms with E-state index in [0.29, 0.717) is 25.5 Å². The van der Waals surface area contributed by atoms with E-state index in [9.17, 15) is 4.79 Å². The van der Waals surface area contributed by atoms with Crippen LogP contribution in [0.4, 0.5) is 0 Å². The van der Waals surface area contributed by atoms with Crippen molar-refractivity contribution in [1.82, 2.24) is 14.9 Å². The Hall–Kier alpha value is -1.69. The lowest BCUT2D eigenvalue weighted by molar-refractivity contribution is -0.133. The summed E-state index contributed by atoms with van der Waals surface area (Å²) in [4.78, 5) is 23.5. The van der Waals surface area contributed by atoms with Crippen LogP contribution in [0.3, 0.4) is 0 Å². The molecular weight excluding hydrogens is 318 g/mol. The quantitative estimate of drug-likeness (QED) is 0.837. The van der Waals surface area contributed by atoms with Crippen molar-refractivity contribution in [3.05, 3.63) is 17.1 Å². The zero-order valence-electron chi connectivity index (χ0n) is 15.0. The molecule has 25 heavy (non-hydrogen) atoms. The van der Waals surface area contributed by atoms with E-state index in [1.807, 2.05) is 11.8 Å². The van der Waals surface area contributed by atoms with Crippen molar-refractivity contribution in [3.8, 4) is 5.88 Å². The molecule has 0 N–H and O–H groups in total. The second-order valence-corrected chi connectivity index (χ2v) is 7.27. The zero-order valence-corrected chi connectivity index (χ0v) is 15.0. The SMILES string of the molecule is CCC(=O)N1CCCC(Oc2nc(C3CC3)nc3c2CCOCC3)C1. The van der Waals surface area contributed by atoms with Crippen LogP contribution in [0.2, 0.25) is 0 Å². The van der Waals surface area contributed by atoms with Crippen LogP contribution < -0.4 is 4.74 Å². The second kappa shape index (κ2) is 7.28. The minimum Gasteiger partial charge on any atom is -0.472 e. The predicted molar refractivity (Wildman–Crippen MR) is 92.8 cm³/mol. The Kier molecular flexibility index (Phi) is 4.88. The van der Waals surface area contributed by atoms with Gasteiger partial charge in [0.1, 0.15) is 11.9 Å². The molecule has 1 saturated heterocycles. The van der Waals surface area contributed by atoms with Crippen LogP contribution in [0, 0.1) is 0 Å². The lowest BCUT2D eigenvalue weighted by atomic mass is 10.1. The van der Waals surface area contributed by atoms with Gasteiger partial charge in [0.15, 0.2) is 0 Å². The maximum Gasteiger partial charge on any atom is 0.222 e. The standard InChI is InChI=1S/C19H27N3O3/c1-2-17(23)22-9-3-4-14(12-22)25-19-15-7-10-24-11-8-16(15)20-18(21-19)13-5-6-13/h13-14H,2-12H2,1H3. The fourth-order valence-corrected chi connectivity index (χ4v) is 3.69. The number of hydrogen-bond donors (Lipinski definition) is 0. The summed E-state index contributed by atoms with van der Waals surface area (Å²) < 4.78 is 12.0. The molecule has 4 rings (SSSR count). The Morgan fingerprint density at radius 1 is 1.24 bits per heavy atom. The normalized spacial score (nSPS) is 23.7. The highest BCUT2D eigenvalue weighted by Gasteiger charge is 2.31. The average molecular weight is 345 g/mol. The molecule has 0 aromatic carbocycles. The minimum absolute atomic E-state index is 0.0273. The Morgan fingerprint density at radius 2 is 2.08 bits per heavy atom. The number of rotatable bonds is 4. The number of amides is 1. The highest BCUT2D eigenvalue weighted by atomic mass is 16.5. The topological polar surface area (TPSA) is 64.6 Å². The van der Waals surface area contributed by atoms with Gasteiger partial charge in [0.05, 0.1) is 25.5 Å². The van der Waals surface area contributed by atoms with Gasteiger partial charge in [-0.25, -0.2) is 4.98 Å². The molecule has 1 amide bonds. The molecule has 136 valence electrons. The highest BCUT2D eigenvalue weighted by molar-refractivity contribution is 5.75. The molecule has 3 heterocycles. The lowest BCUT2D eigenvalue weighted by Gasteiger charge is -2.33. The third-order valence-corrected chi connectivity index (χ3v) is 5.31. The highest BCUT2D eigenvalue weighted by Crippen LogP contribution is 2.40. The van der Waals surface area contributed by atoms with Gasteiger partial charge in [0, 0.05) is 37.3 Å². The number of fused-ring (bicyclic) bond motifs is 1. The molecule has 1 aliphatic carbocycles. The third kappa shape index (κ3) is 3.78. The lowest BCUT2D eigenvalue weighted by Crippen LogP contribution is -2.44. The maximum absolute atomic E-state index is 12.0. The van der Waals surface area contributed by atoms with Gasteiger partial charge in [0.25, 0.3) is 0 Å². The Balaban J connectivity index is 1.56. The number of ether oxygens (including phenoxy) is 2. The fraction of sp³-hybridized carbons (Fsp3) is 0.737. The molecule has 1 aromatic rings. The molecule has 1 atom stereocenters. The molecule has 0 bridgehead atoms. The van der Waals surface area contributed by atoms with E-state index >= 15 is 0 Å². The van der Waals surface area contributed by atoms with Gasteiger partial charge in [-0.15, -0.1) is 0 Å². The first-order valence-electron chi connectivity index (χ1n) is 9.66. The van der Waals surface area contributed by atoms with Crippen LogP contribution in [-0.2, 0) is 22.4 Å². The second-order valence-electron chi connectivity index (χ2n) is 7.27. The molecule has 1 unspecified atom stereocenters. The minimum atomic E-state index is 0.0273. The molecule has 0 spiro atoms. The van der Waals surface area contributed by atoms with Crippen molar-refractivity contribution in [2.45, 2.75) is 63.9 Å². The van der Waals surface area contributed by atoms with Crippen LogP contribution >= 0.6 is 0 Å². The van der Waals surface area contributed by atoms with Crippen LogP contribution in [0.25, 0.3) is 0 Å². The van der Waals surface area contributed by atoms with E-state index in [0.717, 1.165) is 61.8 Å². The fourth-order valence-electron chi connectivity index (χ4n) is 3.69. The monoisotopic (exact) mass is 345 g/mol. The predicted octanol–water partition coefficient (Wildman–Crippen LogP) is 2.25. The number of piperidine rings is 1. The first-order chi connectivity index (χ1) is 12.2. The van der Waals surface area contributed by atoms with Gasteiger partial charge in [-0.1, -0.05) is 6.92 Å². The number of nitrogens with zero attached hydrogens (tertiary/aromatic N) is 3. The summed E-state index contributed by atoms with van der Waals surface area (Å²) in [7, 11) is 0. The number of carbonyl (C=O) groups is 1. The molecule has 1 saturated carbocycles. The third-order valence-electron chi connectivity index (χ3n) is 5.31. The van der Waals surface area contributed by atoms with Gasteiger partial charge in [-0.05, 0) is 25.7 Å². The average Bonchev–Trinajstić information content (AvgIpc) is 3.47. The smallest absolute Gasteiger partial charge is 0.222 e. The zero-order chi connectivity index (χ0) is 17.2. The molecule has 0 radical (unpaired) electrons. The maximum atomic E-state index is 12.0. The summed E-state index contributed by atoms with van der Waals surface area (Å²) in [5, 5.41) is 0. The summed E-state index contributed by atoms with van der Waals surface area (Å²) in [6, 6.07) is 0. The van der Waals surface area contributed by atoms with Crippen molar-refractivity contribution < 1.29 is 14.3 Å². The van der Waals surface area contributed by atoms with E-state index < -0.39 is 0 Å².